The van der Waals surface area contributed by atoms with Crippen LogP contribution >= 0.6 is 15.9 Å². The summed E-state index contributed by atoms with van der Waals surface area (Å²) in [7, 11) is 1.81. The van der Waals surface area contributed by atoms with Gasteiger partial charge in [0.2, 0.25) is 0 Å². The lowest BCUT2D eigenvalue weighted by molar-refractivity contribution is -0.136. The Labute approximate surface area is 107 Å². The van der Waals surface area contributed by atoms with Crippen LogP contribution in [0.3, 0.4) is 0 Å². The Kier molecular flexibility index (Phi) is 3.28. The lowest BCUT2D eigenvalue weighted by atomic mass is 10.1. The van der Waals surface area contributed by atoms with Crippen molar-refractivity contribution in [3.8, 4) is 11.3 Å². The summed E-state index contributed by atoms with van der Waals surface area (Å²) in [6.45, 7) is 0. The molecule has 0 spiro atoms. The standard InChI is InChI=1S/C12H11BrN2O2/c1-15-11(6-10(14-15)7-12(16)17)8-2-4-9(13)5-3-8/h2-6H,7H2,1H3,(H,16,17). The van der Waals surface area contributed by atoms with Crippen LogP contribution in [0.1, 0.15) is 5.69 Å². The number of aryl methyl sites for hydroxylation is 1. The molecule has 1 heterocycles. The molecule has 17 heavy (non-hydrogen) atoms. The van der Waals surface area contributed by atoms with Crippen molar-refractivity contribution in [3.05, 3.63) is 40.5 Å². The predicted octanol–water partition coefficient (Wildman–Crippen LogP) is 2.48. The third-order valence-corrected chi connectivity index (χ3v) is 2.93. The number of hydrogen-bond acceptors (Lipinski definition) is 2. The van der Waals surface area contributed by atoms with E-state index in [-0.39, 0.29) is 6.42 Å². The van der Waals surface area contributed by atoms with Crippen molar-refractivity contribution in [1.29, 1.82) is 0 Å². The number of hydrogen-bond donors (Lipinski definition) is 1. The summed E-state index contributed by atoms with van der Waals surface area (Å²) in [5.41, 5.74) is 2.49. The summed E-state index contributed by atoms with van der Waals surface area (Å²) in [6, 6.07) is 9.62. The molecule has 0 saturated carbocycles. The highest BCUT2D eigenvalue weighted by molar-refractivity contribution is 9.10. The molecule has 0 amide bonds. The second-order valence-corrected chi connectivity index (χ2v) is 4.64. The topological polar surface area (TPSA) is 55.1 Å². The van der Waals surface area contributed by atoms with E-state index in [2.05, 4.69) is 21.0 Å². The van der Waals surface area contributed by atoms with E-state index in [1.807, 2.05) is 31.3 Å². The number of carboxylic acids is 1. The molecule has 0 radical (unpaired) electrons. The Morgan fingerprint density at radius 1 is 1.41 bits per heavy atom. The van der Waals surface area contributed by atoms with Crippen molar-refractivity contribution in [2.24, 2.45) is 7.05 Å². The van der Waals surface area contributed by atoms with Crippen LogP contribution in [0.25, 0.3) is 11.3 Å². The average Bonchev–Trinajstić information content (AvgIpc) is 2.59. The van der Waals surface area contributed by atoms with Gasteiger partial charge < -0.3 is 5.11 Å². The van der Waals surface area contributed by atoms with E-state index in [0.29, 0.717) is 5.69 Å². The van der Waals surface area contributed by atoms with Gasteiger partial charge in [-0.25, -0.2) is 0 Å². The fraction of sp³-hybridized carbons (Fsp3) is 0.167. The largest absolute Gasteiger partial charge is 0.481 e. The van der Waals surface area contributed by atoms with E-state index < -0.39 is 5.97 Å². The molecule has 5 heteroatoms. The van der Waals surface area contributed by atoms with Crippen LogP contribution in [-0.4, -0.2) is 20.9 Å². The van der Waals surface area contributed by atoms with Crippen LogP contribution in [0.15, 0.2) is 34.8 Å². The second kappa shape index (κ2) is 4.71. The molecule has 1 N–H and O–H groups in total. The number of aromatic nitrogens is 2. The summed E-state index contributed by atoms with van der Waals surface area (Å²) >= 11 is 3.37. The van der Waals surface area contributed by atoms with Crippen molar-refractivity contribution in [2.75, 3.05) is 0 Å². The zero-order valence-corrected chi connectivity index (χ0v) is 10.8. The number of carboxylic acid groups (broad SMARTS) is 1. The Morgan fingerprint density at radius 2 is 2.06 bits per heavy atom. The number of carbonyl (C=O) groups is 1. The van der Waals surface area contributed by atoms with E-state index in [1.165, 1.54) is 0 Å². The van der Waals surface area contributed by atoms with Gasteiger partial charge in [0.05, 0.1) is 17.8 Å². The maximum absolute atomic E-state index is 10.6. The molecule has 0 saturated heterocycles. The summed E-state index contributed by atoms with van der Waals surface area (Å²) in [6.07, 6.45) is -0.0512. The van der Waals surface area contributed by atoms with Crippen LogP contribution in [-0.2, 0) is 18.3 Å². The van der Waals surface area contributed by atoms with E-state index in [9.17, 15) is 4.79 Å². The first kappa shape index (κ1) is 11.9. The third-order valence-electron chi connectivity index (χ3n) is 2.40. The lowest BCUT2D eigenvalue weighted by Gasteiger charge is -2.01. The third kappa shape index (κ3) is 2.74. The van der Waals surface area contributed by atoms with Crippen molar-refractivity contribution in [3.63, 3.8) is 0 Å². The van der Waals surface area contributed by atoms with E-state index >= 15 is 0 Å². The van der Waals surface area contributed by atoms with Gasteiger partial charge in [-0.15, -0.1) is 0 Å². The van der Waals surface area contributed by atoms with Gasteiger partial charge in [0.15, 0.2) is 0 Å². The highest BCUT2D eigenvalue weighted by Crippen LogP contribution is 2.22. The van der Waals surface area contributed by atoms with E-state index in [4.69, 9.17) is 5.11 Å². The highest BCUT2D eigenvalue weighted by atomic mass is 79.9. The number of nitrogens with zero attached hydrogens (tertiary/aromatic N) is 2. The molecule has 88 valence electrons. The number of benzene rings is 1. The number of halogens is 1. The molecule has 1 aromatic heterocycles. The molecule has 1 aromatic carbocycles. The Bertz CT molecular complexity index is 546. The first-order valence-corrected chi connectivity index (χ1v) is 5.86. The summed E-state index contributed by atoms with van der Waals surface area (Å²) in [4.78, 5) is 10.6. The maximum Gasteiger partial charge on any atom is 0.309 e. The first-order valence-electron chi connectivity index (χ1n) is 5.07. The highest BCUT2D eigenvalue weighted by Gasteiger charge is 2.09. The normalized spacial score (nSPS) is 10.5. The lowest BCUT2D eigenvalue weighted by Crippen LogP contribution is -2.01. The van der Waals surface area contributed by atoms with Crippen LogP contribution in [0.5, 0.6) is 0 Å². The Morgan fingerprint density at radius 3 is 2.65 bits per heavy atom. The molecule has 0 atom stereocenters. The van der Waals surface area contributed by atoms with Gasteiger partial charge in [-0.2, -0.15) is 5.10 Å². The smallest absolute Gasteiger partial charge is 0.309 e. The van der Waals surface area contributed by atoms with Crippen molar-refractivity contribution < 1.29 is 9.90 Å². The minimum atomic E-state index is -0.870. The SMILES string of the molecule is Cn1nc(CC(=O)O)cc1-c1ccc(Br)cc1. The first-order chi connectivity index (χ1) is 8.06. The number of rotatable bonds is 3. The monoisotopic (exact) mass is 294 g/mol. The van der Waals surface area contributed by atoms with Gasteiger partial charge in [0, 0.05) is 11.5 Å². The van der Waals surface area contributed by atoms with Gasteiger partial charge in [-0.05, 0) is 23.8 Å². The Balaban J connectivity index is 2.35. The van der Waals surface area contributed by atoms with Gasteiger partial charge >= 0.3 is 5.97 Å². The molecule has 0 aliphatic carbocycles. The van der Waals surface area contributed by atoms with Crippen LogP contribution in [0, 0.1) is 0 Å². The van der Waals surface area contributed by atoms with Crippen LogP contribution < -0.4 is 0 Å². The van der Waals surface area contributed by atoms with Crippen LogP contribution in [0.2, 0.25) is 0 Å². The minimum Gasteiger partial charge on any atom is -0.481 e. The molecule has 4 nitrogen and oxygen atoms in total. The molecular formula is C12H11BrN2O2. The molecule has 0 unspecified atom stereocenters. The van der Waals surface area contributed by atoms with E-state index in [1.54, 1.807) is 10.7 Å². The van der Waals surface area contributed by atoms with Crippen LogP contribution in [0.4, 0.5) is 0 Å². The zero-order chi connectivity index (χ0) is 12.4. The van der Waals surface area contributed by atoms with Crippen molar-refractivity contribution in [2.45, 2.75) is 6.42 Å². The quantitative estimate of drug-likeness (QED) is 0.946. The molecule has 0 aliphatic heterocycles. The number of aliphatic carboxylic acids is 1. The summed E-state index contributed by atoms with van der Waals surface area (Å²) < 4.78 is 2.70. The van der Waals surface area contributed by atoms with Gasteiger partial charge in [-0.1, -0.05) is 28.1 Å². The molecule has 0 bridgehead atoms. The Hall–Kier alpha value is -1.62. The molecule has 0 fully saturated rings. The molecule has 0 aliphatic rings. The zero-order valence-electron chi connectivity index (χ0n) is 9.22. The predicted molar refractivity (Wildman–Crippen MR) is 67.7 cm³/mol. The van der Waals surface area contributed by atoms with Crippen molar-refractivity contribution >= 4 is 21.9 Å². The fourth-order valence-electron chi connectivity index (χ4n) is 1.66. The fourth-order valence-corrected chi connectivity index (χ4v) is 1.92. The van der Waals surface area contributed by atoms with Gasteiger partial charge in [-0.3, -0.25) is 9.48 Å². The summed E-state index contributed by atoms with van der Waals surface area (Å²) in [5, 5.41) is 12.9. The molecule has 2 rings (SSSR count). The summed E-state index contributed by atoms with van der Waals surface area (Å²) in [5.74, 6) is -0.870. The van der Waals surface area contributed by atoms with E-state index in [0.717, 1.165) is 15.7 Å². The molecule has 2 aromatic rings. The maximum atomic E-state index is 10.6. The average molecular weight is 295 g/mol. The van der Waals surface area contributed by atoms with Gasteiger partial charge in [0.25, 0.3) is 0 Å². The minimum absolute atomic E-state index is 0.0512. The second-order valence-electron chi connectivity index (χ2n) is 3.72. The van der Waals surface area contributed by atoms with Gasteiger partial charge in [0.1, 0.15) is 0 Å². The molecular weight excluding hydrogens is 284 g/mol. The van der Waals surface area contributed by atoms with Crippen molar-refractivity contribution in [1.82, 2.24) is 9.78 Å².